The van der Waals surface area contributed by atoms with Crippen LogP contribution in [0.3, 0.4) is 0 Å². The van der Waals surface area contributed by atoms with E-state index in [1.807, 2.05) is 19.1 Å². The van der Waals surface area contributed by atoms with E-state index < -0.39 is 0 Å². The third kappa shape index (κ3) is 3.19. The Labute approximate surface area is 148 Å². The van der Waals surface area contributed by atoms with Crippen LogP contribution in [0.15, 0.2) is 59.4 Å². The van der Waals surface area contributed by atoms with Gasteiger partial charge in [0.25, 0.3) is 11.3 Å². The minimum absolute atomic E-state index is 0.197. The number of hydrogen-bond donors (Lipinski definition) is 1. The van der Waals surface area contributed by atoms with Crippen LogP contribution in [0, 0.1) is 6.92 Å². The molecule has 6 heteroatoms. The van der Waals surface area contributed by atoms with Crippen molar-refractivity contribution >= 4 is 17.4 Å². The van der Waals surface area contributed by atoms with Gasteiger partial charge in [-0.05, 0) is 24.6 Å². The first-order chi connectivity index (χ1) is 12.1. The largest absolute Gasteiger partial charge is 0.275 e. The molecule has 0 aliphatic carbocycles. The molecule has 5 nitrogen and oxygen atoms in total. The number of H-pyrrole nitrogens is 1. The topological polar surface area (TPSA) is 63.1 Å². The molecule has 2 heterocycles. The molecule has 2 aromatic heterocycles. The fourth-order valence-electron chi connectivity index (χ4n) is 2.67. The van der Waals surface area contributed by atoms with Crippen LogP contribution in [0.5, 0.6) is 0 Å². The fraction of sp³-hybridized carbons (Fsp3) is 0.105. The standard InChI is InChI=1S/C19H15ClN4O/c1-12-2-4-13(5-3-12)10-17-22-19-21-16(11-18(25)24(19)23-17)14-6-8-15(20)9-7-14/h2-9,11H,10H2,1H3,(H,21,22,23). The van der Waals surface area contributed by atoms with Crippen molar-refractivity contribution in [1.82, 2.24) is 19.6 Å². The quantitative estimate of drug-likeness (QED) is 0.613. The molecule has 124 valence electrons. The van der Waals surface area contributed by atoms with Crippen LogP contribution in [-0.2, 0) is 6.42 Å². The molecular weight excluding hydrogens is 336 g/mol. The number of nitrogens with one attached hydrogen (secondary N) is 1. The highest BCUT2D eigenvalue weighted by Crippen LogP contribution is 2.19. The van der Waals surface area contributed by atoms with E-state index in [4.69, 9.17) is 11.6 Å². The molecule has 25 heavy (non-hydrogen) atoms. The first-order valence-corrected chi connectivity index (χ1v) is 8.26. The van der Waals surface area contributed by atoms with Gasteiger partial charge in [-0.1, -0.05) is 53.6 Å². The van der Waals surface area contributed by atoms with E-state index in [1.54, 1.807) is 12.1 Å². The summed E-state index contributed by atoms with van der Waals surface area (Å²) in [6, 6.07) is 16.9. The van der Waals surface area contributed by atoms with Gasteiger partial charge in [0.2, 0.25) is 0 Å². The van der Waals surface area contributed by atoms with Crippen molar-refractivity contribution in [3.05, 3.63) is 86.9 Å². The number of halogens is 1. The van der Waals surface area contributed by atoms with Crippen molar-refractivity contribution < 1.29 is 0 Å². The molecule has 0 bridgehead atoms. The summed E-state index contributed by atoms with van der Waals surface area (Å²) in [5, 5.41) is 3.66. The average Bonchev–Trinajstić information content (AvgIpc) is 3.01. The van der Waals surface area contributed by atoms with Crippen LogP contribution in [0.25, 0.3) is 17.0 Å². The SMILES string of the molecule is Cc1ccc(Cc2nc3nc(-c4ccc(Cl)cc4)cc(=O)n3[nH]2)cc1. The zero-order valence-electron chi connectivity index (χ0n) is 13.5. The molecule has 4 rings (SSSR count). The molecule has 0 radical (unpaired) electrons. The van der Waals surface area contributed by atoms with Gasteiger partial charge in [0.1, 0.15) is 5.82 Å². The fourth-order valence-corrected chi connectivity index (χ4v) is 2.80. The van der Waals surface area contributed by atoms with Gasteiger partial charge in [0, 0.05) is 23.1 Å². The Balaban J connectivity index is 1.72. The van der Waals surface area contributed by atoms with E-state index in [1.165, 1.54) is 16.1 Å². The van der Waals surface area contributed by atoms with E-state index in [-0.39, 0.29) is 5.56 Å². The molecule has 0 aliphatic heterocycles. The lowest BCUT2D eigenvalue weighted by Crippen LogP contribution is -2.14. The minimum Gasteiger partial charge on any atom is -0.275 e. The molecule has 0 aliphatic rings. The Morgan fingerprint density at radius 1 is 1.04 bits per heavy atom. The molecule has 0 fully saturated rings. The zero-order valence-corrected chi connectivity index (χ0v) is 14.3. The summed E-state index contributed by atoms with van der Waals surface area (Å²) >= 11 is 5.91. The summed E-state index contributed by atoms with van der Waals surface area (Å²) in [7, 11) is 0. The molecule has 0 saturated heterocycles. The number of aromatic amines is 1. The summed E-state index contributed by atoms with van der Waals surface area (Å²) in [4.78, 5) is 21.3. The smallest absolute Gasteiger partial charge is 0.274 e. The van der Waals surface area contributed by atoms with Gasteiger partial charge in [-0.2, -0.15) is 9.50 Å². The molecule has 0 unspecified atom stereocenters. The second-order valence-corrected chi connectivity index (χ2v) is 6.39. The van der Waals surface area contributed by atoms with Crippen molar-refractivity contribution in [2.24, 2.45) is 0 Å². The Morgan fingerprint density at radius 2 is 1.76 bits per heavy atom. The van der Waals surface area contributed by atoms with Crippen LogP contribution in [0.2, 0.25) is 5.02 Å². The minimum atomic E-state index is -0.197. The lowest BCUT2D eigenvalue weighted by molar-refractivity contribution is 0.863. The number of aromatic nitrogens is 4. The maximum atomic E-state index is 12.4. The number of aryl methyl sites for hydroxylation is 1. The Bertz CT molecular complexity index is 1100. The molecular formula is C19H15ClN4O. The van der Waals surface area contributed by atoms with Gasteiger partial charge in [0.05, 0.1) is 5.69 Å². The monoisotopic (exact) mass is 350 g/mol. The number of benzene rings is 2. The van der Waals surface area contributed by atoms with E-state index in [2.05, 4.69) is 39.3 Å². The number of fused-ring (bicyclic) bond motifs is 1. The molecule has 0 atom stereocenters. The second-order valence-electron chi connectivity index (χ2n) is 5.95. The number of nitrogens with zero attached hydrogens (tertiary/aromatic N) is 3. The lowest BCUT2D eigenvalue weighted by Gasteiger charge is -2.00. The zero-order chi connectivity index (χ0) is 17.4. The van der Waals surface area contributed by atoms with Crippen LogP contribution >= 0.6 is 11.6 Å². The van der Waals surface area contributed by atoms with Crippen molar-refractivity contribution in [2.75, 3.05) is 0 Å². The predicted molar refractivity (Wildman–Crippen MR) is 98.0 cm³/mol. The Hall–Kier alpha value is -2.92. The Morgan fingerprint density at radius 3 is 2.48 bits per heavy atom. The number of hydrogen-bond acceptors (Lipinski definition) is 3. The second kappa shape index (κ2) is 6.18. The van der Waals surface area contributed by atoms with Gasteiger partial charge in [-0.15, -0.1) is 0 Å². The third-order valence-electron chi connectivity index (χ3n) is 4.01. The van der Waals surface area contributed by atoms with Gasteiger partial charge >= 0.3 is 0 Å². The molecule has 0 amide bonds. The summed E-state index contributed by atoms with van der Waals surface area (Å²) in [6.07, 6.45) is 0.610. The van der Waals surface area contributed by atoms with Crippen LogP contribution < -0.4 is 5.56 Å². The highest BCUT2D eigenvalue weighted by molar-refractivity contribution is 6.30. The van der Waals surface area contributed by atoms with E-state index in [9.17, 15) is 4.79 Å². The molecule has 1 N–H and O–H groups in total. The van der Waals surface area contributed by atoms with Crippen molar-refractivity contribution in [1.29, 1.82) is 0 Å². The highest BCUT2D eigenvalue weighted by Gasteiger charge is 2.10. The van der Waals surface area contributed by atoms with Crippen molar-refractivity contribution in [3.8, 4) is 11.3 Å². The van der Waals surface area contributed by atoms with Gasteiger partial charge in [-0.25, -0.2) is 4.98 Å². The Kier molecular flexibility index (Phi) is 3.86. The van der Waals surface area contributed by atoms with Crippen molar-refractivity contribution in [3.63, 3.8) is 0 Å². The molecule has 0 saturated carbocycles. The van der Waals surface area contributed by atoms with E-state index >= 15 is 0 Å². The van der Waals surface area contributed by atoms with Crippen molar-refractivity contribution in [2.45, 2.75) is 13.3 Å². The maximum Gasteiger partial charge on any atom is 0.274 e. The van der Waals surface area contributed by atoms with E-state index in [0.29, 0.717) is 28.7 Å². The van der Waals surface area contributed by atoms with Crippen LogP contribution in [-0.4, -0.2) is 19.6 Å². The average molecular weight is 351 g/mol. The third-order valence-corrected chi connectivity index (χ3v) is 4.26. The first kappa shape index (κ1) is 15.6. The summed E-state index contributed by atoms with van der Waals surface area (Å²) < 4.78 is 1.36. The highest BCUT2D eigenvalue weighted by atomic mass is 35.5. The number of rotatable bonds is 3. The van der Waals surface area contributed by atoms with Gasteiger partial charge < -0.3 is 0 Å². The van der Waals surface area contributed by atoms with Gasteiger partial charge in [-0.3, -0.25) is 9.89 Å². The van der Waals surface area contributed by atoms with Crippen LogP contribution in [0.4, 0.5) is 0 Å². The summed E-state index contributed by atoms with van der Waals surface area (Å²) in [6.45, 7) is 2.05. The summed E-state index contributed by atoms with van der Waals surface area (Å²) in [5.74, 6) is 1.06. The lowest BCUT2D eigenvalue weighted by atomic mass is 10.1. The normalized spacial score (nSPS) is 11.1. The predicted octanol–water partition coefficient (Wildman–Crippen LogP) is 3.64. The molecule has 0 spiro atoms. The maximum absolute atomic E-state index is 12.4. The summed E-state index contributed by atoms with van der Waals surface area (Å²) in [5.41, 5.74) is 3.54. The molecule has 4 aromatic rings. The van der Waals surface area contributed by atoms with E-state index in [0.717, 1.165) is 11.1 Å². The molecule has 2 aromatic carbocycles. The van der Waals surface area contributed by atoms with Gasteiger partial charge in [0.15, 0.2) is 0 Å². The first-order valence-electron chi connectivity index (χ1n) is 7.89. The van der Waals surface area contributed by atoms with Crippen LogP contribution in [0.1, 0.15) is 17.0 Å².